The van der Waals surface area contributed by atoms with E-state index in [0.29, 0.717) is 11.1 Å². The molecule has 1 aliphatic heterocycles. The fourth-order valence-corrected chi connectivity index (χ4v) is 4.34. The van der Waals surface area contributed by atoms with E-state index in [1.54, 1.807) is 31.2 Å². The fraction of sp³-hybridized carbons (Fsp3) is 0.550. The molecular weight excluding hydrogens is 362 g/mol. The van der Waals surface area contributed by atoms with Crippen molar-refractivity contribution in [1.29, 1.82) is 0 Å². The van der Waals surface area contributed by atoms with Gasteiger partial charge in [-0.05, 0) is 37.2 Å². The summed E-state index contributed by atoms with van der Waals surface area (Å²) < 4.78 is 11.3. The summed E-state index contributed by atoms with van der Waals surface area (Å²) >= 11 is 0. The summed E-state index contributed by atoms with van der Waals surface area (Å²) in [6.45, 7) is 12.3. The number of hydrogen-bond donors (Lipinski definition) is 0. The Bertz CT molecular complexity index is 718. The third-order valence-corrected chi connectivity index (χ3v) is 10.2. The smallest absolute Gasteiger partial charge is 0.313 e. The van der Waals surface area contributed by atoms with Gasteiger partial charge in [-0.15, -0.1) is 0 Å². The van der Waals surface area contributed by atoms with E-state index in [1.165, 1.54) is 7.11 Å². The number of fused-ring (bicyclic) bond motifs is 1. The Labute approximate surface area is 162 Å². The average molecular weight is 392 g/mol. The summed E-state index contributed by atoms with van der Waals surface area (Å²) in [6.07, 6.45) is -0.484. The molecule has 0 unspecified atom stereocenters. The third-order valence-electron chi connectivity index (χ3n) is 5.61. The molecule has 0 saturated heterocycles. The summed E-state index contributed by atoms with van der Waals surface area (Å²) in [5.41, 5.74) is 0.730. The zero-order valence-corrected chi connectivity index (χ0v) is 18.2. The van der Waals surface area contributed by atoms with Crippen molar-refractivity contribution in [3.63, 3.8) is 0 Å². The van der Waals surface area contributed by atoms with Crippen LogP contribution in [0.3, 0.4) is 0 Å². The maximum atomic E-state index is 12.6. The Hall–Kier alpha value is -1.99. The van der Waals surface area contributed by atoms with Gasteiger partial charge in [0.25, 0.3) is 11.8 Å². The number of esters is 1. The first-order valence-electron chi connectivity index (χ1n) is 9.11. The summed E-state index contributed by atoms with van der Waals surface area (Å²) in [6, 6.07) is 6.68. The van der Waals surface area contributed by atoms with Gasteiger partial charge in [-0.2, -0.15) is 0 Å². The number of carbonyl (C=O) groups excluding carboxylic acids is 3. The molecule has 0 aliphatic carbocycles. The highest BCUT2D eigenvalue weighted by Crippen LogP contribution is 2.38. The molecule has 1 aromatic carbocycles. The molecule has 1 heterocycles. The highest BCUT2D eigenvalue weighted by molar-refractivity contribution is 6.74. The molecule has 2 amide bonds. The van der Waals surface area contributed by atoms with Gasteiger partial charge in [0, 0.05) is 6.54 Å². The van der Waals surface area contributed by atoms with Crippen LogP contribution in [0.15, 0.2) is 24.3 Å². The lowest BCUT2D eigenvalue weighted by Gasteiger charge is -2.40. The molecule has 1 aromatic rings. The van der Waals surface area contributed by atoms with Crippen molar-refractivity contribution < 1.29 is 23.5 Å². The quantitative estimate of drug-likeness (QED) is 0.422. The summed E-state index contributed by atoms with van der Waals surface area (Å²) in [5, 5.41) is -0.0303. The first-order chi connectivity index (χ1) is 12.4. The second kappa shape index (κ2) is 7.56. The van der Waals surface area contributed by atoms with E-state index in [2.05, 4.69) is 33.9 Å². The second-order valence-corrected chi connectivity index (χ2v) is 13.2. The van der Waals surface area contributed by atoms with Crippen molar-refractivity contribution in [3.8, 4) is 0 Å². The molecule has 0 N–H and O–H groups in total. The Morgan fingerprint density at radius 2 is 1.59 bits per heavy atom. The summed E-state index contributed by atoms with van der Waals surface area (Å²) in [5.74, 6) is -2.00. The van der Waals surface area contributed by atoms with Gasteiger partial charge in [0.2, 0.25) is 0 Å². The normalized spacial score (nSPS) is 16.9. The standard InChI is InChI=1S/C20H29NO5Si/c1-13(26-27(6,7)20(2,3)4)16(19(24)25-5)12-21-17(22)14-10-8-9-11-15(14)18(21)23/h8-11,13,16H,12H2,1-7H3/t13-,16+/m1/s1. The lowest BCUT2D eigenvalue weighted by Crippen LogP contribution is -2.49. The Morgan fingerprint density at radius 3 is 2.00 bits per heavy atom. The number of carbonyl (C=O) groups is 3. The Kier molecular flexibility index (Phi) is 5.96. The molecule has 0 aromatic heterocycles. The molecule has 0 fully saturated rings. The molecule has 2 rings (SSSR count). The highest BCUT2D eigenvalue weighted by Gasteiger charge is 2.44. The monoisotopic (exact) mass is 391 g/mol. The van der Waals surface area contributed by atoms with Crippen molar-refractivity contribution >= 4 is 26.1 Å². The maximum Gasteiger partial charge on any atom is 0.313 e. The van der Waals surface area contributed by atoms with Gasteiger partial charge in [-0.3, -0.25) is 19.3 Å². The number of nitrogens with zero attached hydrogens (tertiary/aromatic N) is 1. The van der Waals surface area contributed by atoms with Crippen LogP contribution < -0.4 is 0 Å². The lowest BCUT2D eigenvalue weighted by molar-refractivity contribution is -0.148. The van der Waals surface area contributed by atoms with Gasteiger partial charge in [-0.1, -0.05) is 32.9 Å². The van der Waals surface area contributed by atoms with Crippen LogP contribution in [0.25, 0.3) is 0 Å². The minimum absolute atomic E-state index is 0.0303. The van der Waals surface area contributed by atoms with Crippen LogP contribution in [-0.2, 0) is 14.0 Å². The SMILES string of the molecule is COC(=O)[C@@H](CN1C(=O)c2ccccc2C1=O)[C@@H](C)O[Si](C)(C)C(C)(C)C. The van der Waals surface area contributed by atoms with E-state index in [4.69, 9.17) is 9.16 Å². The zero-order valence-electron chi connectivity index (χ0n) is 17.2. The van der Waals surface area contributed by atoms with Crippen LogP contribution in [0.2, 0.25) is 18.1 Å². The van der Waals surface area contributed by atoms with Gasteiger partial charge in [0.05, 0.1) is 30.3 Å². The van der Waals surface area contributed by atoms with Crippen LogP contribution in [0.4, 0.5) is 0 Å². The van der Waals surface area contributed by atoms with E-state index >= 15 is 0 Å². The third kappa shape index (κ3) is 4.14. The Balaban J connectivity index is 2.25. The van der Waals surface area contributed by atoms with E-state index in [0.717, 1.165) is 4.90 Å². The van der Waals surface area contributed by atoms with Crippen LogP contribution >= 0.6 is 0 Å². The predicted octanol–water partition coefficient (Wildman–Crippen LogP) is 3.48. The van der Waals surface area contributed by atoms with Gasteiger partial charge < -0.3 is 9.16 Å². The zero-order chi connectivity index (χ0) is 20.6. The minimum atomic E-state index is -2.14. The second-order valence-electron chi connectivity index (χ2n) is 8.48. The highest BCUT2D eigenvalue weighted by atomic mass is 28.4. The molecule has 2 atom stereocenters. The number of methoxy groups -OCH3 is 1. The molecule has 27 heavy (non-hydrogen) atoms. The summed E-state index contributed by atoms with van der Waals surface area (Å²) in [7, 11) is -0.837. The largest absolute Gasteiger partial charge is 0.469 e. The number of benzene rings is 1. The molecule has 6 nitrogen and oxygen atoms in total. The van der Waals surface area contributed by atoms with Crippen LogP contribution in [0.1, 0.15) is 48.4 Å². The lowest BCUT2D eigenvalue weighted by atomic mass is 10.0. The van der Waals surface area contributed by atoms with Crippen molar-refractivity contribution in [2.24, 2.45) is 5.92 Å². The van der Waals surface area contributed by atoms with E-state index < -0.39 is 26.3 Å². The summed E-state index contributed by atoms with van der Waals surface area (Å²) in [4.78, 5) is 38.8. The topological polar surface area (TPSA) is 72.9 Å². The fourth-order valence-electron chi connectivity index (χ4n) is 2.89. The van der Waals surface area contributed by atoms with Gasteiger partial charge in [-0.25, -0.2) is 0 Å². The number of rotatable bonds is 6. The van der Waals surface area contributed by atoms with E-state index in [1.807, 2.05) is 0 Å². The van der Waals surface area contributed by atoms with Gasteiger partial charge in [0.1, 0.15) is 0 Å². The van der Waals surface area contributed by atoms with E-state index in [9.17, 15) is 14.4 Å². The first-order valence-corrected chi connectivity index (χ1v) is 12.0. The van der Waals surface area contributed by atoms with Crippen molar-refractivity contribution in [1.82, 2.24) is 4.90 Å². The molecular formula is C20H29NO5Si. The molecule has 0 spiro atoms. The molecule has 0 bridgehead atoms. The van der Waals surface area contributed by atoms with E-state index in [-0.39, 0.29) is 23.4 Å². The minimum Gasteiger partial charge on any atom is -0.469 e. The van der Waals surface area contributed by atoms with Crippen molar-refractivity contribution in [2.75, 3.05) is 13.7 Å². The molecule has 0 radical (unpaired) electrons. The van der Waals surface area contributed by atoms with Crippen LogP contribution in [0, 0.1) is 5.92 Å². The number of hydrogen-bond acceptors (Lipinski definition) is 5. The molecule has 1 aliphatic rings. The molecule has 7 heteroatoms. The van der Waals surface area contributed by atoms with Crippen LogP contribution in [0.5, 0.6) is 0 Å². The predicted molar refractivity (Wildman–Crippen MR) is 105 cm³/mol. The maximum absolute atomic E-state index is 12.6. The molecule has 148 valence electrons. The molecule has 0 saturated carbocycles. The number of ether oxygens (including phenoxy) is 1. The van der Waals surface area contributed by atoms with Crippen LogP contribution in [-0.4, -0.2) is 50.8 Å². The van der Waals surface area contributed by atoms with Crippen molar-refractivity contribution in [3.05, 3.63) is 35.4 Å². The van der Waals surface area contributed by atoms with Gasteiger partial charge in [0.15, 0.2) is 8.32 Å². The Morgan fingerprint density at radius 1 is 1.11 bits per heavy atom. The number of imide groups is 1. The first kappa shape index (κ1) is 21.3. The van der Waals surface area contributed by atoms with Crippen molar-refractivity contribution in [2.45, 2.75) is 51.9 Å². The number of amides is 2. The average Bonchev–Trinajstić information content (AvgIpc) is 2.82. The van der Waals surface area contributed by atoms with Gasteiger partial charge >= 0.3 is 5.97 Å².